The van der Waals surface area contributed by atoms with Crippen LogP contribution in [-0.2, 0) is 16.4 Å². The first-order chi connectivity index (χ1) is 12.8. The summed E-state index contributed by atoms with van der Waals surface area (Å²) in [6.07, 6.45) is 7.15. The van der Waals surface area contributed by atoms with Crippen LogP contribution < -0.4 is 4.72 Å². The molecule has 1 atom stereocenters. The van der Waals surface area contributed by atoms with Crippen molar-refractivity contribution < 1.29 is 23.4 Å². The van der Waals surface area contributed by atoms with E-state index >= 15 is 0 Å². The fraction of sp³-hybridized carbons (Fsp3) is 0.550. The number of hydrogen-bond donors (Lipinski definition) is 3. The van der Waals surface area contributed by atoms with Gasteiger partial charge in [-0.25, -0.2) is 17.9 Å². The highest BCUT2D eigenvalue weighted by Gasteiger charge is 2.10. The highest BCUT2D eigenvalue weighted by atomic mass is 32.2. The van der Waals surface area contributed by atoms with Gasteiger partial charge >= 0.3 is 5.97 Å². The van der Waals surface area contributed by atoms with Crippen molar-refractivity contribution in [2.75, 3.05) is 12.3 Å². The van der Waals surface area contributed by atoms with Crippen LogP contribution in [0.3, 0.4) is 0 Å². The summed E-state index contributed by atoms with van der Waals surface area (Å²) in [4.78, 5) is 10.8. The Morgan fingerprint density at radius 3 is 2.41 bits per heavy atom. The minimum Gasteiger partial charge on any atom is -0.478 e. The number of nitrogens with one attached hydrogen (secondary N) is 1. The summed E-state index contributed by atoms with van der Waals surface area (Å²) in [5.41, 5.74) is 1.22. The molecule has 0 aliphatic carbocycles. The Morgan fingerprint density at radius 1 is 1.11 bits per heavy atom. The second-order valence-electron chi connectivity index (χ2n) is 6.69. The normalized spacial score (nSPS) is 12.6. The van der Waals surface area contributed by atoms with Crippen molar-refractivity contribution in [3.63, 3.8) is 0 Å². The van der Waals surface area contributed by atoms with E-state index in [9.17, 15) is 18.3 Å². The molecule has 0 spiro atoms. The summed E-state index contributed by atoms with van der Waals surface area (Å²) in [5, 5.41) is 18.7. The lowest BCUT2D eigenvalue weighted by molar-refractivity contribution is 0.0697. The first-order valence-corrected chi connectivity index (χ1v) is 11.1. The van der Waals surface area contributed by atoms with E-state index in [0.29, 0.717) is 38.6 Å². The van der Waals surface area contributed by atoms with Crippen LogP contribution in [0.25, 0.3) is 0 Å². The van der Waals surface area contributed by atoms with Crippen molar-refractivity contribution in [2.24, 2.45) is 0 Å². The number of carboxylic acids is 1. The number of carboxylic acid groups (broad SMARTS) is 1. The van der Waals surface area contributed by atoms with Crippen LogP contribution in [0.15, 0.2) is 36.9 Å². The number of hydrogen-bond acceptors (Lipinski definition) is 4. The molecule has 0 radical (unpaired) electrons. The topological polar surface area (TPSA) is 104 Å². The second kappa shape index (κ2) is 12.6. The number of allylic oxidation sites excluding steroid dienone is 1. The minimum atomic E-state index is -3.30. The van der Waals surface area contributed by atoms with Gasteiger partial charge in [0.15, 0.2) is 0 Å². The predicted octanol–water partition coefficient (Wildman–Crippen LogP) is 3.12. The van der Waals surface area contributed by atoms with Crippen LogP contribution in [0, 0.1) is 0 Å². The van der Waals surface area contributed by atoms with E-state index in [0.717, 1.165) is 24.8 Å². The van der Waals surface area contributed by atoms with Crippen molar-refractivity contribution >= 4 is 16.0 Å². The van der Waals surface area contributed by atoms with Crippen LogP contribution in [0.4, 0.5) is 0 Å². The van der Waals surface area contributed by atoms with Crippen molar-refractivity contribution in [2.45, 2.75) is 57.5 Å². The predicted molar refractivity (Wildman–Crippen MR) is 107 cm³/mol. The Labute approximate surface area is 162 Å². The third-order valence-electron chi connectivity index (χ3n) is 4.31. The molecule has 152 valence electrons. The first kappa shape index (κ1) is 23.3. The summed E-state index contributed by atoms with van der Waals surface area (Å²) in [5.74, 6) is -0.891. The molecule has 0 amide bonds. The minimum absolute atomic E-state index is 0.0691. The number of aryl methyl sites for hydroxylation is 1. The molecule has 0 heterocycles. The van der Waals surface area contributed by atoms with Crippen molar-refractivity contribution in [3.05, 3.63) is 48.0 Å². The molecule has 0 saturated carbocycles. The van der Waals surface area contributed by atoms with Gasteiger partial charge in [-0.3, -0.25) is 0 Å². The van der Waals surface area contributed by atoms with Crippen LogP contribution in [0.1, 0.15) is 60.9 Å². The Hall–Kier alpha value is -1.70. The third-order valence-corrected chi connectivity index (χ3v) is 5.78. The van der Waals surface area contributed by atoms with Crippen molar-refractivity contribution in [1.82, 2.24) is 4.72 Å². The number of sulfonamides is 1. The molecule has 7 heteroatoms. The maximum absolute atomic E-state index is 12.0. The Balaban J connectivity index is 2.16. The summed E-state index contributed by atoms with van der Waals surface area (Å²) in [7, 11) is -3.30. The van der Waals surface area contributed by atoms with Gasteiger partial charge in [0.25, 0.3) is 0 Å². The molecule has 0 aliphatic heterocycles. The average molecular weight is 398 g/mol. The van der Waals surface area contributed by atoms with Gasteiger partial charge in [0.2, 0.25) is 10.0 Å². The molecule has 1 aromatic rings. The number of aliphatic hydroxyl groups is 1. The largest absolute Gasteiger partial charge is 0.478 e. The summed E-state index contributed by atoms with van der Waals surface area (Å²) >= 11 is 0. The zero-order valence-electron chi connectivity index (χ0n) is 15.8. The van der Waals surface area contributed by atoms with Gasteiger partial charge in [0.1, 0.15) is 0 Å². The van der Waals surface area contributed by atoms with Gasteiger partial charge < -0.3 is 10.2 Å². The number of benzene rings is 1. The van der Waals surface area contributed by atoms with Crippen molar-refractivity contribution in [1.29, 1.82) is 0 Å². The molecule has 3 N–H and O–H groups in total. The number of aliphatic hydroxyl groups excluding tert-OH is 1. The van der Waals surface area contributed by atoms with E-state index in [-0.39, 0.29) is 17.4 Å². The lowest BCUT2D eigenvalue weighted by Crippen LogP contribution is -2.27. The van der Waals surface area contributed by atoms with Crippen LogP contribution in [0.2, 0.25) is 0 Å². The summed E-state index contributed by atoms with van der Waals surface area (Å²) in [6.45, 7) is 4.00. The Kier molecular flexibility index (Phi) is 10.9. The van der Waals surface area contributed by atoms with Gasteiger partial charge in [-0.15, -0.1) is 6.58 Å². The molecular formula is C20H31NO5S. The highest BCUT2D eigenvalue weighted by molar-refractivity contribution is 7.89. The molecule has 0 aliphatic rings. The quantitative estimate of drug-likeness (QED) is 0.312. The molecule has 27 heavy (non-hydrogen) atoms. The van der Waals surface area contributed by atoms with E-state index in [1.165, 1.54) is 0 Å². The van der Waals surface area contributed by atoms with Crippen LogP contribution in [0.5, 0.6) is 0 Å². The van der Waals surface area contributed by atoms with E-state index in [4.69, 9.17) is 5.11 Å². The number of unbranched alkanes of at least 4 members (excludes halogenated alkanes) is 2. The van der Waals surface area contributed by atoms with Gasteiger partial charge in [-0.2, -0.15) is 0 Å². The molecule has 1 unspecified atom stereocenters. The zero-order chi connectivity index (χ0) is 20.1. The number of aromatic carboxylic acids is 1. The second-order valence-corrected chi connectivity index (χ2v) is 8.61. The first-order valence-electron chi connectivity index (χ1n) is 9.42. The standard InChI is InChI=1S/C20H31NO5S/c1-2-3-4-9-19(22)10-5-6-16-27(25,26)21-15-7-8-17-11-13-18(14-12-17)20(23)24/h2,11-14,19,21-22H,1,3-10,15-16H2,(H,23,24). The monoisotopic (exact) mass is 397 g/mol. The van der Waals surface area contributed by atoms with Gasteiger partial charge in [0.05, 0.1) is 17.4 Å². The summed E-state index contributed by atoms with van der Waals surface area (Å²) in [6, 6.07) is 6.60. The molecule has 1 aromatic carbocycles. The molecule has 0 saturated heterocycles. The number of carbonyl (C=O) groups is 1. The van der Waals surface area contributed by atoms with Gasteiger partial charge in [0, 0.05) is 6.54 Å². The van der Waals surface area contributed by atoms with E-state index in [1.54, 1.807) is 24.3 Å². The molecule has 0 aromatic heterocycles. The van der Waals surface area contributed by atoms with E-state index in [2.05, 4.69) is 11.3 Å². The van der Waals surface area contributed by atoms with E-state index in [1.807, 2.05) is 6.08 Å². The van der Waals surface area contributed by atoms with Crippen LogP contribution in [-0.4, -0.2) is 43.0 Å². The highest BCUT2D eigenvalue weighted by Crippen LogP contribution is 2.10. The molecule has 0 bridgehead atoms. The molecular weight excluding hydrogens is 366 g/mol. The van der Waals surface area contributed by atoms with Gasteiger partial charge in [-0.05, 0) is 69.1 Å². The van der Waals surface area contributed by atoms with Gasteiger partial charge in [-0.1, -0.05) is 18.2 Å². The lowest BCUT2D eigenvalue weighted by atomic mass is 10.1. The lowest BCUT2D eigenvalue weighted by Gasteiger charge is -2.10. The van der Waals surface area contributed by atoms with Crippen LogP contribution >= 0.6 is 0 Å². The number of rotatable bonds is 15. The Morgan fingerprint density at radius 2 is 1.78 bits per heavy atom. The molecule has 6 nitrogen and oxygen atoms in total. The molecule has 0 fully saturated rings. The van der Waals surface area contributed by atoms with E-state index < -0.39 is 16.0 Å². The molecule has 1 rings (SSSR count). The smallest absolute Gasteiger partial charge is 0.335 e. The average Bonchev–Trinajstić information content (AvgIpc) is 2.63. The maximum Gasteiger partial charge on any atom is 0.335 e. The van der Waals surface area contributed by atoms with Crippen molar-refractivity contribution in [3.8, 4) is 0 Å². The fourth-order valence-corrected chi connectivity index (χ4v) is 3.90. The summed E-state index contributed by atoms with van der Waals surface area (Å²) < 4.78 is 26.5. The third kappa shape index (κ3) is 10.9. The zero-order valence-corrected chi connectivity index (χ0v) is 16.6. The maximum atomic E-state index is 12.0. The SMILES string of the molecule is C=CCCCC(O)CCCCS(=O)(=O)NCCCc1ccc(C(=O)O)cc1. The fourth-order valence-electron chi connectivity index (χ4n) is 2.72. The Bertz CT molecular complexity index is 670.